The van der Waals surface area contributed by atoms with Gasteiger partial charge in [0, 0.05) is 17.7 Å². The SMILES string of the molecule is COc1ccc(C/C(C)=N\NC(=O)c2ccc(O)cc2)cc1OC. The maximum absolute atomic E-state index is 12.0. The Morgan fingerprint density at radius 1 is 1.08 bits per heavy atom. The molecule has 0 aliphatic carbocycles. The predicted molar refractivity (Wildman–Crippen MR) is 91.9 cm³/mol. The molecule has 24 heavy (non-hydrogen) atoms. The van der Waals surface area contributed by atoms with Crippen LogP contribution in [0.2, 0.25) is 0 Å². The van der Waals surface area contributed by atoms with Crippen LogP contribution >= 0.6 is 0 Å². The Labute approximate surface area is 140 Å². The first-order valence-electron chi connectivity index (χ1n) is 7.37. The molecule has 6 nitrogen and oxygen atoms in total. The monoisotopic (exact) mass is 328 g/mol. The van der Waals surface area contributed by atoms with Crippen molar-refractivity contribution >= 4 is 11.6 Å². The molecule has 2 rings (SSSR count). The van der Waals surface area contributed by atoms with Gasteiger partial charge in [0.2, 0.25) is 0 Å². The van der Waals surface area contributed by atoms with Gasteiger partial charge in [0.15, 0.2) is 11.5 Å². The smallest absolute Gasteiger partial charge is 0.271 e. The third-order valence-corrected chi connectivity index (χ3v) is 3.39. The summed E-state index contributed by atoms with van der Waals surface area (Å²) in [5.74, 6) is 1.09. The van der Waals surface area contributed by atoms with Gasteiger partial charge in [-0.25, -0.2) is 5.43 Å². The summed E-state index contributed by atoms with van der Waals surface area (Å²) in [4.78, 5) is 12.0. The summed E-state index contributed by atoms with van der Waals surface area (Å²) in [7, 11) is 3.17. The highest BCUT2D eigenvalue weighted by Crippen LogP contribution is 2.27. The molecule has 0 aliphatic rings. The van der Waals surface area contributed by atoms with E-state index in [0.717, 1.165) is 11.3 Å². The molecule has 0 heterocycles. The van der Waals surface area contributed by atoms with E-state index in [1.807, 2.05) is 25.1 Å². The van der Waals surface area contributed by atoms with Gasteiger partial charge >= 0.3 is 0 Å². The van der Waals surface area contributed by atoms with E-state index < -0.39 is 0 Å². The third kappa shape index (κ3) is 4.49. The Balaban J connectivity index is 2.01. The van der Waals surface area contributed by atoms with Crippen LogP contribution in [0.15, 0.2) is 47.6 Å². The number of ether oxygens (including phenoxy) is 2. The van der Waals surface area contributed by atoms with E-state index in [0.29, 0.717) is 23.5 Å². The van der Waals surface area contributed by atoms with E-state index >= 15 is 0 Å². The maximum Gasteiger partial charge on any atom is 0.271 e. The van der Waals surface area contributed by atoms with E-state index in [4.69, 9.17) is 9.47 Å². The summed E-state index contributed by atoms with van der Waals surface area (Å²) in [5, 5.41) is 13.3. The Kier molecular flexibility index (Phi) is 5.78. The molecule has 0 radical (unpaired) electrons. The second-order valence-corrected chi connectivity index (χ2v) is 5.20. The molecule has 2 aromatic carbocycles. The van der Waals surface area contributed by atoms with E-state index in [-0.39, 0.29) is 11.7 Å². The lowest BCUT2D eigenvalue weighted by Gasteiger charge is -2.09. The molecule has 0 atom stereocenters. The molecule has 1 amide bonds. The minimum atomic E-state index is -0.332. The van der Waals surface area contributed by atoms with Crippen molar-refractivity contribution < 1.29 is 19.4 Å². The number of methoxy groups -OCH3 is 2. The van der Waals surface area contributed by atoms with Crippen LogP contribution in [0, 0.1) is 0 Å². The van der Waals surface area contributed by atoms with Gasteiger partial charge in [0.1, 0.15) is 5.75 Å². The number of nitrogens with one attached hydrogen (secondary N) is 1. The first-order valence-corrected chi connectivity index (χ1v) is 7.37. The average molecular weight is 328 g/mol. The molecule has 0 saturated carbocycles. The average Bonchev–Trinajstić information content (AvgIpc) is 2.60. The fourth-order valence-electron chi connectivity index (χ4n) is 2.15. The molecule has 0 saturated heterocycles. The summed E-state index contributed by atoms with van der Waals surface area (Å²) >= 11 is 0. The van der Waals surface area contributed by atoms with Gasteiger partial charge in [0.25, 0.3) is 5.91 Å². The van der Waals surface area contributed by atoms with Crippen molar-refractivity contribution in [2.75, 3.05) is 14.2 Å². The molecular weight excluding hydrogens is 308 g/mol. The number of aromatic hydroxyl groups is 1. The van der Waals surface area contributed by atoms with Crippen molar-refractivity contribution in [1.82, 2.24) is 5.43 Å². The van der Waals surface area contributed by atoms with Crippen LogP contribution in [0.5, 0.6) is 17.2 Å². The third-order valence-electron chi connectivity index (χ3n) is 3.39. The number of nitrogens with zero attached hydrogens (tertiary/aromatic N) is 1. The van der Waals surface area contributed by atoms with Crippen LogP contribution in [0.3, 0.4) is 0 Å². The maximum atomic E-state index is 12.0. The van der Waals surface area contributed by atoms with Gasteiger partial charge in [-0.1, -0.05) is 6.07 Å². The highest BCUT2D eigenvalue weighted by Gasteiger charge is 2.07. The largest absolute Gasteiger partial charge is 0.508 e. The van der Waals surface area contributed by atoms with Crippen molar-refractivity contribution in [3.8, 4) is 17.2 Å². The Hall–Kier alpha value is -3.02. The lowest BCUT2D eigenvalue weighted by Crippen LogP contribution is -2.19. The summed E-state index contributed by atoms with van der Waals surface area (Å²) in [6.45, 7) is 1.83. The zero-order valence-corrected chi connectivity index (χ0v) is 13.9. The summed E-state index contributed by atoms with van der Waals surface area (Å²) in [6, 6.07) is 11.6. The van der Waals surface area contributed by atoms with Gasteiger partial charge in [-0.2, -0.15) is 5.10 Å². The van der Waals surface area contributed by atoms with Gasteiger partial charge in [-0.3, -0.25) is 4.79 Å². The number of carbonyl (C=O) groups is 1. The summed E-state index contributed by atoms with van der Waals surface area (Å²) in [6.07, 6.45) is 0.566. The van der Waals surface area contributed by atoms with Crippen LogP contribution in [0.4, 0.5) is 0 Å². The molecule has 0 aliphatic heterocycles. The Morgan fingerprint density at radius 2 is 1.75 bits per heavy atom. The number of rotatable bonds is 6. The molecule has 0 unspecified atom stereocenters. The number of phenols is 1. The zero-order chi connectivity index (χ0) is 17.5. The van der Waals surface area contributed by atoms with Crippen LogP contribution in [-0.4, -0.2) is 30.9 Å². The van der Waals surface area contributed by atoms with Crippen molar-refractivity contribution in [3.63, 3.8) is 0 Å². The molecule has 0 bridgehead atoms. The second kappa shape index (κ2) is 8.01. The van der Waals surface area contributed by atoms with Crippen molar-refractivity contribution in [2.24, 2.45) is 5.10 Å². The summed E-state index contributed by atoms with van der Waals surface area (Å²) < 4.78 is 10.5. The minimum Gasteiger partial charge on any atom is -0.508 e. The predicted octanol–water partition coefficient (Wildman–Crippen LogP) is 2.76. The van der Waals surface area contributed by atoms with Gasteiger partial charge in [-0.15, -0.1) is 0 Å². The molecule has 2 aromatic rings. The fourth-order valence-corrected chi connectivity index (χ4v) is 2.15. The number of amides is 1. The number of benzene rings is 2. The number of hydrazone groups is 1. The van der Waals surface area contributed by atoms with Gasteiger partial charge < -0.3 is 14.6 Å². The van der Waals surface area contributed by atoms with Gasteiger partial charge in [0.05, 0.1) is 14.2 Å². The van der Waals surface area contributed by atoms with E-state index in [9.17, 15) is 9.90 Å². The van der Waals surface area contributed by atoms with Crippen LogP contribution < -0.4 is 14.9 Å². The number of hydrogen-bond donors (Lipinski definition) is 2. The lowest BCUT2D eigenvalue weighted by atomic mass is 10.1. The quantitative estimate of drug-likeness (QED) is 0.631. The summed E-state index contributed by atoms with van der Waals surface area (Å²) in [5.41, 5.74) is 4.67. The molecular formula is C18H20N2O4. The molecule has 126 valence electrons. The first kappa shape index (κ1) is 17.3. The molecule has 0 fully saturated rings. The molecule has 0 aromatic heterocycles. The number of carbonyl (C=O) groups excluding carboxylic acids is 1. The van der Waals surface area contributed by atoms with Crippen LogP contribution in [0.1, 0.15) is 22.8 Å². The normalized spacial score (nSPS) is 11.0. The molecule has 6 heteroatoms. The first-order chi connectivity index (χ1) is 11.5. The standard InChI is InChI=1S/C18H20N2O4/c1-12(10-13-4-9-16(23-2)17(11-13)24-3)19-20-18(22)14-5-7-15(21)8-6-14/h4-9,11,21H,10H2,1-3H3,(H,20,22)/b19-12-. The van der Waals surface area contributed by atoms with Crippen molar-refractivity contribution in [1.29, 1.82) is 0 Å². The zero-order valence-electron chi connectivity index (χ0n) is 13.9. The Bertz CT molecular complexity index is 739. The molecule has 2 N–H and O–H groups in total. The van der Waals surface area contributed by atoms with Gasteiger partial charge in [-0.05, 0) is 48.9 Å². The second-order valence-electron chi connectivity index (χ2n) is 5.20. The van der Waals surface area contributed by atoms with Crippen LogP contribution in [0.25, 0.3) is 0 Å². The van der Waals surface area contributed by atoms with Crippen molar-refractivity contribution in [2.45, 2.75) is 13.3 Å². The lowest BCUT2D eigenvalue weighted by molar-refractivity contribution is 0.0954. The highest BCUT2D eigenvalue weighted by molar-refractivity contribution is 5.95. The minimum absolute atomic E-state index is 0.111. The highest BCUT2D eigenvalue weighted by atomic mass is 16.5. The number of hydrogen-bond acceptors (Lipinski definition) is 5. The van der Waals surface area contributed by atoms with Crippen LogP contribution in [-0.2, 0) is 6.42 Å². The fraction of sp³-hybridized carbons (Fsp3) is 0.222. The topological polar surface area (TPSA) is 80.2 Å². The molecule has 0 spiro atoms. The number of phenolic OH excluding ortho intramolecular Hbond substituents is 1. The van der Waals surface area contributed by atoms with E-state index in [1.165, 1.54) is 24.3 Å². The Morgan fingerprint density at radius 3 is 2.38 bits per heavy atom. The van der Waals surface area contributed by atoms with E-state index in [1.54, 1.807) is 14.2 Å². The van der Waals surface area contributed by atoms with Crippen molar-refractivity contribution in [3.05, 3.63) is 53.6 Å². The van der Waals surface area contributed by atoms with E-state index in [2.05, 4.69) is 10.5 Å².